The van der Waals surface area contributed by atoms with E-state index in [1.165, 1.54) is 5.56 Å². The summed E-state index contributed by atoms with van der Waals surface area (Å²) in [4.78, 5) is 31.6. The monoisotopic (exact) mass is 449 g/mol. The van der Waals surface area contributed by atoms with Crippen LogP contribution in [-0.2, 0) is 22.5 Å². The number of aryl methyl sites for hydroxylation is 1. The van der Waals surface area contributed by atoms with E-state index in [0.29, 0.717) is 12.3 Å². The molecule has 0 unspecified atom stereocenters. The number of amides is 1. The summed E-state index contributed by atoms with van der Waals surface area (Å²) in [7, 11) is 0. The van der Waals surface area contributed by atoms with Gasteiger partial charge in [-0.1, -0.05) is 6.07 Å². The Labute approximate surface area is 196 Å². The van der Waals surface area contributed by atoms with Crippen molar-refractivity contribution in [1.82, 2.24) is 19.9 Å². The molecule has 176 valence electrons. The summed E-state index contributed by atoms with van der Waals surface area (Å²) in [5.74, 6) is 2.62. The van der Waals surface area contributed by atoms with Gasteiger partial charge in [-0.15, -0.1) is 0 Å². The van der Waals surface area contributed by atoms with E-state index in [0.717, 1.165) is 101 Å². The first-order valence-corrected chi connectivity index (χ1v) is 12.6. The second kappa shape index (κ2) is 10.2. The molecule has 0 radical (unpaired) electrons. The van der Waals surface area contributed by atoms with Crippen LogP contribution >= 0.6 is 0 Å². The molecule has 7 nitrogen and oxygen atoms in total. The van der Waals surface area contributed by atoms with E-state index in [1.807, 2.05) is 23.2 Å². The number of pyridine rings is 1. The van der Waals surface area contributed by atoms with Crippen molar-refractivity contribution < 1.29 is 9.53 Å². The summed E-state index contributed by atoms with van der Waals surface area (Å²) in [6, 6.07) is 6.08. The zero-order chi connectivity index (χ0) is 22.6. The van der Waals surface area contributed by atoms with Crippen molar-refractivity contribution in [2.45, 2.75) is 76.9 Å². The Morgan fingerprint density at radius 1 is 1.12 bits per heavy atom. The average Bonchev–Trinajstić information content (AvgIpc) is 3.37. The number of piperidine rings is 1. The molecule has 0 bridgehead atoms. The number of ether oxygens (including phenoxy) is 1. The lowest BCUT2D eigenvalue weighted by Gasteiger charge is -2.34. The zero-order valence-electron chi connectivity index (χ0n) is 19.7. The Bertz CT molecular complexity index is 953. The molecule has 5 heterocycles. The minimum Gasteiger partial charge on any atom is -0.378 e. The molecule has 0 aromatic carbocycles. The molecule has 33 heavy (non-hydrogen) atoms. The molecule has 2 saturated heterocycles. The maximum atomic E-state index is 12.7. The molecular weight excluding hydrogens is 414 g/mol. The highest BCUT2D eigenvalue weighted by atomic mass is 16.5. The molecule has 5 rings (SSSR count). The number of hydrogen-bond acceptors (Lipinski definition) is 6. The van der Waals surface area contributed by atoms with Crippen LogP contribution in [0, 0.1) is 6.92 Å². The maximum absolute atomic E-state index is 12.7. The van der Waals surface area contributed by atoms with Crippen molar-refractivity contribution in [3.8, 4) is 0 Å². The van der Waals surface area contributed by atoms with Gasteiger partial charge in [0.2, 0.25) is 5.91 Å². The van der Waals surface area contributed by atoms with Crippen LogP contribution in [0.5, 0.6) is 0 Å². The summed E-state index contributed by atoms with van der Waals surface area (Å²) in [5.41, 5.74) is 3.46. The highest BCUT2D eigenvalue weighted by molar-refractivity contribution is 5.76. The average molecular weight is 450 g/mol. The quantitative estimate of drug-likeness (QED) is 0.668. The minimum absolute atomic E-state index is 0.271. The van der Waals surface area contributed by atoms with Gasteiger partial charge in [0.15, 0.2) is 0 Å². The highest BCUT2D eigenvalue weighted by Crippen LogP contribution is 2.33. The Morgan fingerprint density at radius 3 is 2.76 bits per heavy atom. The molecule has 0 spiro atoms. The van der Waals surface area contributed by atoms with Gasteiger partial charge in [-0.2, -0.15) is 0 Å². The highest BCUT2D eigenvalue weighted by Gasteiger charge is 2.29. The number of nitrogens with zero attached hydrogens (tertiary/aromatic N) is 5. The molecule has 2 fully saturated rings. The molecule has 3 aliphatic heterocycles. The van der Waals surface area contributed by atoms with Crippen LogP contribution in [0.15, 0.2) is 24.4 Å². The molecular formula is C26H35N5O2. The molecule has 0 N–H and O–H groups in total. The smallest absolute Gasteiger partial charge is 0.222 e. The summed E-state index contributed by atoms with van der Waals surface area (Å²) in [5, 5.41) is 0. The van der Waals surface area contributed by atoms with Gasteiger partial charge in [0.25, 0.3) is 0 Å². The summed E-state index contributed by atoms with van der Waals surface area (Å²) in [6.07, 6.45) is 9.86. The SMILES string of the molecule is Cc1nc(C2CCN(C(=O)CC[C@@H]3CCCO3)CC2)nc2c1CCCN2Cc1ccccn1. The standard InChI is InChI=1S/C26H35N5O2/c1-19-23-8-4-14-31(18-21-6-2-3-13-27-21)26(23)29-25(28-19)20-11-15-30(16-12-20)24(32)10-9-22-7-5-17-33-22/h2-3,6,13,20,22H,4-5,7-12,14-18H2,1H3/t22-/m0/s1. The van der Waals surface area contributed by atoms with Crippen molar-refractivity contribution in [2.75, 3.05) is 31.1 Å². The molecule has 0 aliphatic carbocycles. The number of likely N-dealkylation sites (tertiary alicyclic amines) is 1. The maximum Gasteiger partial charge on any atom is 0.222 e. The van der Waals surface area contributed by atoms with Crippen LogP contribution in [0.2, 0.25) is 0 Å². The predicted octanol–water partition coefficient (Wildman–Crippen LogP) is 3.80. The predicted molar refractivity (Wildman–Crippen MR) is 127 cm³/mol. The van der Waals surface area contributed by atoms with E-state index in [-0.39, 0.29) is 12.0 Å². The first kappa shape index (κ1) is 22.3. The molecule has 2 aromatic rings. The Kier molecular flexibility index (Phi) is 6.85. The molecule has 7 heteroatoms. The van der Waals surface area contributed by atoms with Gasteiger partial charge in [-0.05, 0) is 64.0 Å². The number of carbonyl (C=O) groups is 1. The van der Waals surface area contributed by atoms with Gasteiger partial charge >= 0.3 is 0 Å². The fourth-order valence-corrected chi connectivity index (χ4v) is 5.43. The summed E-state index contributed by atoms with van der Waals surface area (Å²) >= 11 is 0. The fourth-order valence-electron chi connectivity index (χ4n) is 5.43. The first-order chi connectivity index (χ1) is 16.2. The van der Waals surface area contributed by atoms with E-state index in [2.05, 4.69) is 22.9 Å². The molecule has 2 aromatic heterocycles. The summed E-state index contributed by atoms with van der Waals surface area (Å²) < 4.78 is 5.67. The lowest BCUT2D eigenvalue weighted by Crippen LogP contribution is -2.38. The van der Waals surface area contributed by atoms with Crippen LogP contribution in [0.3, 0.4) is 0 Å². The second-order valence-corrected chi connectivity index (χ2v) is 9.64. The Hall–Kier alpha value is -2.54. The van der Waals surface area contributed by atoms with Crippen LogP contribution in [0.25, 0.3) is 0 Å². The third kappa shape index (κ3) is 5.18. The lowest BCUT2D eigenvalue weighted by atomic mass is 9.94. The van der Waals surface area contributed by atoms with Crippen LogP contribution in [-0.4, -0.2) is 58.1 Å². The van der Waals surface area contributed by atoms with Gasteiger partial charge in [0.1, 0.15) is 11.6 Å². The number of carbonyl (C=O) groups excluding carboxylic acids is 1. The van der Waals surface area contributed by atoms with E-state index in [9.17, 15) is 4.79 Å². The molecule has 0 saturated carbocycles. The van der Waals surface area contributed by atoms with E-state index in [1.54, 1.807) is 0 Å². The summed E-state index contributed by atoms with van der Waals surface area (Å²) in [6.45, 7) is 6.35. The lowest BCUT2D eigenvalue weighted by molar-refractivity contribution is -0.132. The van der Waals surface area contributed by atoms with Crippen LogP contribution in [0.1, 0.15) is 73.6 Å². The molecule has 3 aliphatic rings. The number of fused-ring (bicyclic) bond motifs is 1. The first-order valence-electron chi connectivity index (χ1n) is 12.6. The number of rotatable bonds is 6. The van der Waals surface area contributed by atoms with E-state index in [4.69, 9.17) is 14.7 Å². The fraction of sp³-hybridized carbons (Fsp3) is 0.615. The van der Waals surface area contributed by atoms with Gasteiger partial charge in [-0.3, -0.25) is 9.78 Å². The number of aromatic nitrogens is 3. The van der Waals surface area contributed by atoms with Gasteiger partial charge < -0.3 is 14.5 Å². The normalized spacial score (nSPS) is 21.3. The third-order valence-electron chi connectivity index (χ3n) is 7.36. The van der Waals surface area contributed by atoms with Gasteiger partial charge in [0, 0.05) is 56.0 Å². The minimum atomic E-state index is 0.271. The van der Waals surface area contributed by atoms with Gasteiger partial charge in [-0.25, -0.2) is 9.97 Å². The Balaban J connectivity index is 1.23. The largest absolute Gasteiger partial charge is 0.378 e. The van der Waals surface area contributed by atoms with Crippen molar-refractivity contribution >= 4 is 11.7 Å². The van der Waals surface area contributed by atoms with Crippen molar-refractivity contribution in [3.05, 3.63) is 47.2 Å². The van der Waals surface area contributed by atoms with Crippen molar-refractivity contribution in [1.29, 1.82) is 0 Å². The van der Waals surface area contributed by atoms with Crippen LogP contribution < -0.4 is 4.90 Å². The molecule has 1 atom stereocenters. The zero-order valence-corrected chi connectivity index (χ0v) is 19.7. The van der Waals surface area contributed by atoms with Crippen molar-refractivity contribution in [2.24, 2.45) is 0 Å². The van der Waals surface area contributed by atoms with Gasteiger partial charge in [0.05, 0.1) is 18.3 Å². The Morgan fingerprint density at radius 2 is 2.00 bits per heavy atom. The second-order valence-electron chi connectivity index (χ2n) is 9.64. The topological polar surface area (TPSA) is 71.5 Å². The van der Waals surface area contributed by atoms with Crippen molar-refractivity contribution in [3.63, 3.8) is 0 Å². The number of hydrogen-bond donors (Lipinski definition) is 0. The van der Waals surface area contributed by atoms with Crippen LogP contribution in [0.4, 0.5) is 5.82 Å². The number of anilines is 1. The third-order valence-corrected chi connectivity index (χ3v) is 7.36. The molecule has 1 amide bonds. The van der Waals surface area contributed by atoms with E-state index < -0.39 is 0 Å². The van der Waals surface area contributed by atoms with E-state index >= 15 is 0 Å².